The number of H-pyrrole nitrogens is 1. The van der Waals surface area contributed by atoms with Crippen LogP contribution in [0, 0.1) is 6.92 Å². The third-order valence-electron chi connectivity index (χ3n) is 2.63. The minimum atomic E-state index is -1.25. The average Bonchev–Trinajstić information content (AvgIpc) is 2.30. The van der Waals surface area contributed by atoms with Crippen LogP contribution in [-0.4, -0.2) is 16.1 Å². The lowest BCUT2D eigenvalue weighted by Crippen LogP contribution is -2.16. The lowest BCUT2D eigenvalue weighted by Gasteiger charge is -2.06. The fraction of sp³-hybridized carbons (Fsp3) is 0.0769. The Morgan fingerprint density at radius 2 is 2.06 bits per heavy atom. The zero-order valence-corrected chi connectivity index (χ0v) is 10.3. The molecule has 2 aromatic rings. The van der Waals surface area contributed by atoms with Crippen molar-refractivity contribution < 1.29 is 9.90 Å². The van der Waals surface area contributed by atoms with Gasteiger partial charge in [-0.1, -0.05) is 17.7 Å². The number of aromatic carboxylic acids is 1. The molecule has 0 saturated carbocycles. The molecular formula is C13H10ClNO3. The first-order valence-electron chi connectivity index (χ1n) is 5.21. The standard InChI is InChI=1S/C13H10ClNO3/c1-7-4-9(14)2-3-10(7)8-5-11(13(17)18)12(16)15-6-8/h2-6H,1H3,(H,15,16)(H,17,18). The summed E-state index contributed by atoms with van der Waals surface area (Å²) in [7, 11) is 0. The highest BCUT2D eigenvalue weighted by molar-refractivity contribution is 6.30. The Morgan fingerprint density at radius 3 is 2.67 bits per heavy atom. The van der Waals surface area contributed by atoms with Gasteiger partial charge >= 0.3 is 5.97 Å². The van der Waals surface area contributed by atoms with Crippen molar-refractivity contribution in [2.75, 3.05) is 0 Å². The van der Waals surface area contributed by atoms with Gasteiger partial charge in [0.25, 0.3) is 5.56 Å². The molecule has 1 aromatic heterocycles. The first-order valence-corrected chi connectivity index (χ1v) is 5.59. The molecule has 0 atom stereocenters. The number of aromatic amines is 1. The average molecular weight is 264 g/mol. The summed E-state index contributed by atoms with van der Waals surface area (Å²) in [4.78, 5) is 24.6. The number of benzene rings is 1. The minimum absolute atomic E-state index is 0.276. The minimum Gasteiger partial charge on any atom is -0.477 e. The molecule has 1 heterocycles. The van der Waals surface area contributed by atoms with Crippen molar-refractivity contribution in [3.8, 4) is 11.1 Å². The summed E-state index contributed by atoms with van der Waals surface area (Å²) in [6, 6.07) is 6.65. The van der Waals surface area contributed by atoms with E-state index in [1.807, 2.05) is 6.92 Å². The van der Waals surface area contributed by atoms with Crippen LogP contribution >= 0.6 is 11.6 Å². The zero-order chi connectivity index (χ0) is 13.3. The lowest BCUT2D eigenvalue weighted by molar-refractivity contribution is 0.0695. The van der Waals surface area contributed by atoms with Gasteiger partial charge in [0.1, 0.15) is 5.56 Å². The Bertz CT molecular complexity index is 676. The summed E-state index contributed by atoms with van der Waals surface area (Å²) >= 11 is 5.86. The third kappa shape index (κ3) is 2.28. The van der Waals surface area contributed by atoms with E-state index in [0.29, 0.717) is 10.6 Å². The van der Waals surface area contributed by atoms with Crippen molar-refractivity contribution in [1.29, 1.82) is 0 Å². The van der Waals surface area contributed by atoms with Gasteiger partial charge in [-0.2, -0.15) is 0 Å². The lowest BCUT2D eigenvalue weighted by atomic mass is 10.0. The third-order valence-corrected chi connectivity index (χ3v) is 2.87. The van der Waals surface area contributed by atoms with Crippen LogP contribution in [0.15, 0.2) is 35.3 Å². The van der Waals surface area contributed by atoms with Crippen LogP contribution in [0.5, 0.6) is 0 Å². The molecule has 2 N–H and O–H groups in total. The molecule has 5 heteroatoms. The van der Waals surface area contributed by atoms with E-state index in [0.717, 1.165) is 11.1 Å². The fourth-order valence-electron chi connectivity index (χ4n) is 1.75. The summed E-state index contributed by atoms with van der Waals surface area (Å²) in [6.45, 7) is 1.87. The van der Waals surface area contributed by atoms with Gasteiger partial charge in [-0.05, 0) is 41.8 Å². The van der Waals surface area contributed by atoms with Crippen LogP contribution in [-0.2, 0) is 0 Å². The smallest absolute Gasteiger partial charge is 0.341 e. The maximum absolute atomic E-state index is 11.3. The summed E-state index contributed by atoms with van der Waals surface area (Å²) in [5.41, 5.74) is 1.49. The Kier molecular flexibility index (Phi) is 3.21. The Balaban J connectivity index is 2.61. The molecular weight excluding hydrogens is 254 g/mol. The zero-order valence-electron chi connectivity index (χ0n) is 9.53. The molecule has 0 aliphatic carbocycles. The molecule has 0 bridgehead atoms. The summed E-state index contributed by atoms with van der Waals surface area (Å²) in [5, 5.41) is 9.52. The van der Waals surface area contributed by atoms with E-state index in [-0.39, 0.29) is 5.56 Å². The van der Waals surface area contributed by atoms with Gasteiger partial charge in [-0.25, -0.2) is 4.79 Å². The number of aryl methyl sites for hydroxylation is 1. The topological polar surface area (TPSA) is 70.2 Å². The molecule has 0 saturated heterocycles. The van der Waals surface area contributed by atoms with E-state index in [4.69, 9.17) is 16.7 Å². The second kappa shape index (κ2) is 4.66. The second-order valence-electron chi connectivity index (χ2n) is 3.90. The van der Waals surface area contributed by atoms with Gasteiger partial charge in [0.05, 0.1) is 0 Å². The predicted octanol–water partition coefficient (Wildman–Crippen LogP) is 2.70. The van der Waals surface area contributed by atoms with Gasteiger partial charge in [0, 0.05) is 11.2 Å². The number of carbonyl (C=O) groups is 1. The van der Waals surface area contributed by atoms with Gasteiger partial charge in [0.2, 0.25) is 0 Å². The van der Waals surface area contributed by atoms with Gasteiger partial charge < -0.3 is 10.1 Å². The highest BCUT2D eigenvalue weighted by atomic mass is 35.5. The van der Waals surface area contributed by atoms with E-state index in [9.17, 15) is 9.59 Å². The number of pyridine rings is 1. The molecule has 0 aliphatic heterocycles. The molecule has 4 nitrogen and oxygen atoms in total. The van der Waals surface area contributed by atoms with E-state index in [1.54, 1.807) is 18.2 Å². The largest absolute Gasteiger partial charge is 0.477 e. The van der Waals surface area contributed by atoms with Crippen LogP contribution in [0.3, 0.4) is 0 Å². The molecule has 0 spiro atoms. The first kappa shape index (κ1) is 12.4. The predicted molar refractivity (Wildman–Crippen MR) is 69.2 cm³/mol. The SMILES string of the molecule is Cc1cc(Cl)ccc1-c1c[nH]c(=O)c(C(=O)O)c1. The van der Waals surface area contributed by atoms with Crippen molar-refractivity contribution >= 4 is 17.6 Å². The monoisotopic (exact) mass is 263 g/mol. The van der Waals surface area contributed by atoms with E-state index in [2.05, 4.69) is 4.98 Å². The number of rotatable bonds is 2. The van der Waals surface area contributed by atoms with Gasteiger partial charge in [-0.15, -0.1) is 0 Å². The number of carboxylic acid groups (broad SMARTS) is 1. The maximum Gasteiger partial charge on any atom is 0.341 e. The molecule has 18 heavy (non-hydrogen) atoms. The van der Waals surface area contributed by atoms with Crippen molar-refractivity contribution in [1.82, 2.24) is 4.98 Å². The molecule has 1 aromatic carbocycles. The number of nitrogens with one attached hydrogen (secondary N) is 1. The second-order valence-corrected chi connectivity index (χ2v) is 4.33. The summed E-state index contributed by atoms with van der Waals surface area (Å²) in [5.74, 6) is -1.25. The number of carboxylic acids is 1. The van der Waals surface area contributed by atoms with E-state index < -0.39 is 11.5 Å². The van der Waals surface area contributed by atoms with Crippen molar-refractivity contribution in [3.05, 3.63) is 57.0 Å². The Hall–Kier alpha value is -2.07. The number of hydrogen-bond donors (Lipinski definition) is 2. The van der Waals surface area contributed by atoms with Crippen LogP contribution in [0.25, 0.3) is 11.1 Å². The normalized spacial score (nSPS) is 10.3. The van der Waals surface area contributed by atoms with Crippen LogP contribution in [0.4, 0.5) is 0 Å². The highest BCUT2D eigenvalue weighted by Crippen LogP contribution is 2.25. The quantitative estimate of drug-likeness (QED) is 0.875. The van der Waals surface area contributed by atoms with Crippen molar-refractivity contribution in [2.45, 2.75) is 6.92 Å². The van der Waals surface area contributed by atoms with E-state index in [1.165, 1.54) is 12.3 Å². The van der Waals surface area contributed by atoms with Gasteiger partial charge in [-0.3, -0.25) is 4.79 Å². The van der Waals surface area contributed by atoms with Crippen LogP contribution in [0.1, 0.15) is 15.9 Å². The number of aromatic nitrogens is 1. The highest BCUT2D eigenvalue weighted by Gasteiger charge is 2.11. The summed E-state index contributed by atoms with van der Waals surface area (Å²) < 4.78 is 0. The molecule has 92 valence electrons. The summed E-state index contributed by atoms with van der Waals surface area (Å²) in [6.07, 6.45) is 1.49. The maximum atomic E-state index is 11.3. The van der Waals surface area contributed by atoms with E-state index >= 15 is 0 Å². The number of hydrogen-bond acceptors (Lipinski definition) is 2. The van der Waals surface area contributed by atoms with Crippen molar-refractivity contribution in [2.24, 2.45) is 0 Å². The fourth-order valence-corrected chi connectivity index (χ4v) is 1.98. The Labute approximate surface area is 108 Å². The van der Waals surface area contributed by atoms with Crippen molar-refractivity contribution in [3.63, 3.8) is 0 Å². The molecule has 0 aliphatic rings. The van der Waals surface area contributed by atoms with Crippen LogP contribution in [0.2, 0.25) is 5.02 Å². The van der Waals surface area contributed by atoms with Crippen LogP contribution < -0.4 is 5.56 Å². The molecule has 0 fully saturated rings. The first-order chi connectivity index (χ1) is 8.49. The molecule has 2 rings (SSSR count). The molecule has 0 radical (unpaired) electrons. The van der Waals surface area contributed by atoms with Gasteiger partial charge in [0.15, 0.2) is 0 Å². The number of halogens is 1. The Morgan fingerprint density at radius 1 is 1.33 bits per heavy atom. The molecule has 0 unspecified atom stereocenters. The molecule has 0 amide bonds.